The number of halogens is 1. The van der Waals surface area contributed by atoms with Crippen LogP contribution < -0.4 is 15.0 Å². The van der Waals surface area contributed by atoms with Gasteiger partial charge in [0.25, 0.3) is 0 Å². The zero-order valence-electron chi connectivity index (χ0n) is 16.4. The fourth-order valence-electron chi connectivity index (χ4n) is 3.23. The smallest absolute Gasteiger partial charge is 0.226 e. The number of anilines is 2. The molecule has 0 aliphatic rings. The lowest BCUT2D eigenvalue weighted by Gasteiger charge is -2.25. The molecule has 6 heteroatoms. The van der Waals surface area contributed by atoms with Gasteiger partial charge in [-0.25, -0.2) is 0 Å². The largest absolute Gasteiger partial charge is 0.495 e. The predicted octanol–water partition coefficient (Wildman–Crippen LogP) is 4.66. The summed E-state index contributed by atoms with van der Waals surface area (Å²) in [5.41, 5.74) is 4.54. The van der Waals surface area contributed by atoms with Crippen molar-refractivity contribution in [2.45, 2.75) is 34.1 Å². The summed E-state index contributed by atoms with van der Waals surface area (Å²) in [6.07, 6.45) is 0.155. The highest BCUT2D eigenvalue weighted by Gasteiger charge is 2.18. The van der Waals surface area contributed by atoms with Crippen LogP contribution in [0.3, 0.4) is 0 Å². The van der Waals surface area contributed by atoms with Crippen LogP contribution in [-0.4, -0.2) is 25.5 Å². The summed E-state index contributed by atoms with van der Waals surface area (Å²) in [5, 5.41) is 3.30. The van der Waals surface area contributed by atoms with E-state index in [4.69, 9.17) is 16.3 Å². The first kappa shape index (κ1) is 20.8. The number of amides is 2. The molecule has 27 heavy (non-hydrogen) atoms. The Morgan fingerprint density at radius 2 is 1.74 bits per heavy atom. The van der Waals surface area contributed by atoms with Crippen LogP contribution in [0.4, 0.5) is 11.4 Å². The Bertz CT molecular complexity index is 841. The highest BCUT2D eigenvalue weighted by molar-refractivity contribution is 6.31. The van der Waals surface area contributed by atoms with Gasteiger partial charge in [0.1, 0.15) is 5.75 Å². The molecule has 0 bridgehead atoms. The van der Waals surface area contributed by atoms with Gasteiger partial charge in [0.2, 0.25) is 11.8 Å². The number of nitrogens with zero attached hydrogens (tertiary/aromatic N) is 1. The van der Waals surface area contributed by atoms with Crippen LogP contribution in [0, 0.1) is 20.8 Å². The number of hydrogen-bond donors (Lipinski definition) is 1. The molecule has 0 saturated heterocycles. The maximum atomic E-state index is 12.4. The van der Waals surface area contributed by atoms with Gasteiger partial charge in [0.15, 0.2) is 0 Å². The molecule has 1 N–H and O–H groups in total. The van der Waals surface area contributed by atoms with Crippen LogP contribution in [0.25, 0.3) is 0 Å². The third-order valence-corrected chi connectivity index (χ3v) is 4.52. The summed E-state index contributed by atoms with van der Waals surface area (Å²) in [4.78, 5) is 26.3. The molecule has 0 fully saturated rings. The second-order valence-electron chi connectivity index (χ2n) is 6.56. The van der Waals surface area contributed by atoms with Crippen molar-refractivity contribution in [1.29, 1.82) is 0 Å². The van der Waals surface area contributed by atoms with E-state index in [1.807, 2.05) is 32.9 Å². The Balaban J connectivity index is 2.14. The first-order valence-electron chi connectivity index (χ1n) is 8.72. The van der Waals surface area contributed by atoms with Crippen molar-refractivity contribution in [2.75, 3.05) is 23.9 Å². The molecule has 0 heterocycles. The predicted molar refractivity (Wildman–Crippen MR) is 110 cm³/mol. The SMILES string of the molecule is COc1ccc(Cl)cc1NC(=O)CCN(C(C)=O)c1c(C)cc(C)cc1C. The van der Waals surface area contributed by atoms with Gasteiger partial charge >= 0.3 is 0 Å². The lowest BCUT2D eigenvalue weighted by atomic mass is 10.0. The third kappa shape index (κ3) is 5.23. The van der Waals surface area contributed by atoms with Crippen LogP contribution in [0.5, 0.6) is 5.75 Å². The molecule has 0 saturated carbocycles. The van der Waals surface area contributed by atoms with E-state index in [-0.39, 0.29) is 24.8 Å². The molecule has 0 unspecified atom stereocenters. The number of ether oxygens (including phenoxy) is 1. The molecule has 0 aromatic heterocycles. The average Bonchev–Trinajstić information content (AvgIpc) is 2.56. The van der Waals surface area contributed by atoms with Gasteiger partial charge in [-0.3, -0.25) is 9.59 Å². The first-order chi connectivity index (χ1) is 12.7. The zero-order chi connectivity index (χ0) is 20.1. The minimum Gasteiger partial charge on any atom is -0.495 e. The van der Waals surface area contributed by atoms with E-state index in [0.29, 0.717) is 16.5 Å². The quantitative estimate of drug-likeness (QED) is 0.783. The molecule has 0 atom stereocenters. The Hall–Kier alpha value is -2.53. The van der Waals surface area contributed by atoms with E-state index in [2.05, 4.69) is 5.32 Å². The number of methoxy groups -OCH3 is 1. The van der Waals surface area contributed by atoms with E-state index >= 15 is 0 Å². The highest BCUT2D eigenvalue weighted by Crippen LogP contribution is 2.29. The normalized spacial score (nSPS) is 10.4. The van der Waals surface area contributed by atoms with E-state index in [9.17, 15) is 9.59 Å². The summed E-state index contributed by atoms with van der Waals surface area (Å²) in [6.45, 7) is 7.77. The molecule has 2 aromatic carbocycles. The zero-order valence-corrected chi connectivity index (χ0v) is 17.1. The van der Waals surface area contributed by atoms with E-state index in [1.54, 1.807) is 23.1 Å². The number of carbonyl (C=O) groups excluding carboxylic acids is 2. The average molecular weight is 389 g/mol. The van der Waals surface area contributed by atoms with Crippen molar-refractivity contribution in [3.05, 3.63) is 52.0 Å². The van der Waals surface area contributed by atoms with Crippen molar-refractivity contribution in [2.24, 2.45) is 0 Å². The molecule has 2 amide bonds. The Labute approximate surface area is 165 Å². The van der Waals surface area contributed by atoms with E-state index in [0.717, 1.165) is 22.4 Å². The molecular formula is C21H25ClN2O3. The molecular weight excluding hydrogens is 364 g/mol. The van der Waals surface area contributed by atoms with Crippen LogP contribution >= 0.6 is 11.6 Å². The molecule has 144 valence electrons. The third-order valence-electron chi connectivity index (χ3n) is 4.28. The van der Waals surface area contributed by atoms with Crippen LogP contribution in [0.15, 0.2) is 30.3 Å². The number of aryl methyl sites for hydroxylation is 3. The van der Waals surface area contributed by atoms with Gasteiger partial charge in [0, 0.05) is 30.6 Å². The lowest BCUT2D eigenvalue weighted by molar-refractivity contribution is -0.117. The Morgan fingerprint density at radius 3 is 2.30 bits per heavy atom. The Kier molecular flexibility index (Phi) is 6.86. The molecule has 5 nitrogen and oxygen atoms in total. The van der Waals surface area contributed by atoms with Gasteiger partial charge in [0.05, 0.1) is 12.8 Å². The summed E-state index contributed by atoms with van der Waals surface area (Å²) >= 11 is 5.99. The molecule has 0 aliphatic heterocycles. The van der Waals surface area contributed by atoms with Crippen molar-refractivity contribution in [3.63, 3.8) is 0 Å². The van der Waals surface area contributed by atoms with Crippen molar-refractivity contribution < 1.29 is 14.3 Å². The van der Waals surface area contributed by atoms with Crippen LogP contribution in [0.2, 0.25) is 5.02 Å². The summed E-state index contributed by atoms with van der Waals surface area (Å²) in [6, 6.07) is 9.09. The molecule has 0 radical (unpaired) electrons. The van der Waals surface area contributed by atoms with E-state index < -0.39 is 0 Å². The molecule has 2 rings (SSSR count). The number of rotatable bonds is 6. The summed E-state index contributed by atoms with van der Waals surface area (Å²) < 4.78 is 5.24. The highest BCUT2D eigenvalue weighted by atomic mass is 35.5. The van der Waals surface area contributed by atoms with Gasteiger partial charge in [-0.2, -0.15) is 0 Å². The fourth-order valence-corrected chi connectivity index (χ4v) is 3.40. The van der Waals surface area contributed by atoms with Gasteiger partial charge in [-0.1, -0.05) is 29.3 Å². The Morgan fingerprint density at radius 1 is 1.11 bits per heavy atom. The molecule has 2 aromatic rings. The maximum absolute atomic E-state index is 12.4. The van der Waals surface area contributed by atoms with Crippen LogP contribution in [0.1, 0.15) is 30.0 Å². The standard InChI is InChI=1S/C21H25ClN2O3/c1-13-10-14(2)21(15(3)11-13)24(16(4)25)9-8-20(26)23-18-12-17(22)6-7-19(18)27-5/h6-7,10-12H,8-9H2,1-5H3,(H,23,26). The van der Waals surface area contributed by atoms with Crippen LogP contribution in [-0.2, 0) is 9.59 Å². The number of nitrogens with one attached hydrogen (secondary N) is 1. The van der Waals surface area contributed by atoms with Crippen molar-refractivity contribution in [3.8, 4) is 5.75 Å². The second kappa shape index (κ2) is 8.91. The maximum Gasteiger partial charge on any atom is 0.226 e. The van der Waals surface area contributed by atoms with Gasteiger partial charge < -0.3 is 15.0 Å². The minimum atomic E-state index is -0.218. The second-order valence-corrected chi connectivity index (χ2v) is 7.00. The number of hydrogen-bond acceptors (Lipinski definition) is 3. The van der Waals surface area contributed by atoms with E-state index in [1.165, 1.54) is 14.0 Å². The molecule has 0 spiro atoms. The lowest BCUT2D eigenvalue weighted by Crippen LogP contribution is -2.33. The first-order valence-corrected chi connectivity index (χ1v) is 9.10. The number of benzene rings is 2. The summed E-state index contributed by atoms with van der Waals surface area (Å²) in [7, 11) is 1.53. The minimum absolute atomic E-state index is 0.0989. The number of carbonyl (C=O) groups is 2. The van der Waals surface area contributed by atoms with Gasteiger partial charge in [-0.15, -0.1) is 0 Å². The van der Waals surface area contributed by atoms with Crippen molar-refractivity contribution >= 4 is 34.8 Å². The topological polar surface area (TPSA) is 58.6 Å². The van der Waals surface area contributed by atoms with Crippen molar-refractivity contribution in [1.82, 2.24) is 0 Å². The molecule has 0 aliphatic carbocycles. The monoisotopic (exact) mass is 388 g/mol. The fraction of sp³-hybridized carbons (Fsp3) is 0.333. The van der Waals surface area contributed by atoms with Gasteiger partial charge in [-0.05, 0) is 50.1 Å². The summed E-state index contributed by atoms with van der Waals surface area (Å²) in [5.74, 6) is 0.212.